The van der Waals surface area contributed by atoms with Crippen molar-refractivity contribution in [3.8, 4) is 0 Å². The molecule has 23 heavy (non-hydrogen) atoms. The second-order valence-corrected chi connectivity index (χ2v) is 7.83. The first-order valence-electron chi connectivity index (χ1n) is 7.53. The number of nitrogens with one attached hydrogen (secondary N) is 1. The quantitative estimate of drug-likeness (QED) is 0.408. The van der Waals surface area contributed by atoms with Gasteiger partial charge in [0.2, 0.25) is 10.0 Å². The van der Waals surface area contributed by atoms with Gasteiger partial charge in [-0.25, -0.2) is 12.7 Å². The maximum Gasteiger partial charge on any atom is 0.214 e. The average molecular weight is 452 g/mol. The monoisotopic (exact) mass is 452 g/mol. The number of anilines is 1. The Kier molecular flexibility index (Phi) is 7.75. The summed E-state index contributed by atoms with van der Waals surface area (Å²) in [5.74, 6) is 0.990. The van der Waals surface area contributed by atoms with Gasteiger partial charge in [0, 0.05) is 18.8 Å². The maximum absolute atomic E-state index is 11.7. The summed E-state index contributed by atoms with van der Waals surface area (Å²) in [6.07, 6.45) is 0.696. The van der Waals surface area contributed by atoms with Gasteiger partial charge in [0.25, 0.3) is 0 Å². The van der Waals surface area contributed by atoms with Crippen LogP contribution in [0.4, 0.5) is 5.69 Å². The molecule has 6 nitrogen and oxygen atoms in total. The zero-order valence-electron chi connectivity index (χ0n) is 13.5. The number of hydrogen-bond donors (Lipinski definition) is 2. The van der Waals surface area contributed by atoms with Crippen LogP contribution < -0.4 is 11.1 Å². The van der Waals surface area contributed by atoms with E-state index in [1.54, 1.807) is 0 Å². The third-order valence-corrected chi connectivity index (χ3v) is 5.62. The summed E-state index contributed by atoms with van der Waals surface area (Å²) in [5.41, 5.74) is 7.97. The number of benzene rings is 1. The number of aliphatic imine (C=N–C) groups is 1. The normalized spacial score (nSPS) is 18.0. The second-order valence-electron chi connectivity index (χ2n) is 5.74. The summed E-state index contributed by atoms with van der Waals surface area (Å²) in [6, 6.07) is 8.01. The molecule has 130 valence electrons. The zero-order valence-corrected chi connectivity index (χ0v) is 16.7. The van der Waals surface area contributed by atoms with Gasteiger partial charge in [-0.1, -0.05) is 26.0 Å². The van der Waals surface area contributed by atoms with Gasteiger partial charge < -0.3 is 11.1 Å². The summed E-state index contributed by atoms with van der Waals surface area (Å²) < 4.78 is 24.8. The predicted octanol–water partition coefficient (Wildman–Crippen LogP) is 2.19. The Morgan fingerprint density at radius 3 is 2.78 bits per heavy atom. The van der Waals surface area contributed by atoms with Crippen LogP contribution in [0, 0.1) is 0 Å². The van der Waals surface area contributed by atoms with Crippen molar-refractivity contribution in [2.75, 3.05) is 30.7 Å². The molecule has 0 radical (unpaired) electrons. The lowest BCUT2D eigenvalue weighted by Gasteiger charge is -2.13. The molecule has 2 rings (SSSR count). The van der Waals surface area contributed by atoms with Crippen LogP contribution in [0.15, 0.2) is 29.3 Å². The van der Waals surface area contributed by atoms with Crippen LogP contribution in [0.2, 0.25) is 0 Å². The molecule has 0 spiro atoms. The Balaban J connectivity index is 0.00000264. The number of rotatable bonds is 5. The molecule has 1 aromatic rings. The SMILES string of the molecule is CC(C)c1cccc(NC(N)=NCCN2CCCS2(=O)=O)c1.I. The van der Waals surface area contributed by atoms with Crippen molar-refractivity contribution in [1.82, 2.24) is 4.31 Å². The summed E-state index contributed by atoms with van der Waals surface area (Å²) in [5, 5.41) is 3.04. The van der Waals surface area contributed by atoms with Crippen molar-refractivity contribution >= 4 is 45.6 Å². The largest absolute Gasteiger partial charge is 0.370 e. The Hall–Kier alpha value is -0.870. The molecular weight excluding hydrogens is 427 g/mol. The van der Waals surface area contributed by atoms with Crippen LogP contribution in [-0.4, -0.2) is 44.1 Å². The zero-order chi connectivity index (χ0) is 16.2. The van der Waals surface area contributed by atoms with E-state index in [-0.39, 0.29) is 29.7 Å². The third-order valence-electron chi connectivity index (χ3n) is 3.66. The van der Waals surface area contributed by atoms with Crippen LogP contribution in [0.25, 0.3) is 0 Å². The van der Waals surface area contributed by atoms with Crippen LogP contribution in [-0.2, 0) is 10.0 Å². The fourth-order valence-electron chi connectivity index (χ4n) is 2.39. The molecular formula is C15H25IN4O2S. The molecule has 0 amide bonds. The highest BCUT2D eigenvalue weighted by Crippen LogP contribution is 2.18. The molecule has 3 N–H and O–H groups in total. The van der Waals surface area contributed by atoms with Crippen molar-refractivity contribution in [2.24, 2.45) is 10.7 Å². The third kappa shape index (κ3) is 5.92. The van der Waals surface area contributed by atoms with Gasteiger partial charge in [-0.05, 0) is 30.0 Å². The summed E-state index contributed by atoms with van der Waals surface area (Å²) in [7, 11) is -3.06. The highest BCUT2D eigenvalue weighted by molar-refractivity contribution is 14.0. The molecule has 1 fully saturated rings. The molecule has 1 aliphatic heterocycles. The van der Waals surface area contributed by atoms with E-state index in [1.807, 2.05) is 18.2 Å². The first kappa shape index (κ1) is 20.2. The minimum absolute atomic E-state index is 0. The topological polar surface area (TPSA) is 87.8 Å². The molecule has 1 saturated heterocycles. The van der Waals surface area contributed by atoms with E-state index in [4.69, 9.17) is 5.73 Å². The minimum Gasteiger partial charge on any atom is -0.370 e. The Morgan fingerprint density at radius 1 is 1.43 bits per heavy atom. The van der Waals surface area contributed by atoms with Crippen molar-refractivity contribution in [3.63, 3.8) is 0 Å². The molecule has 0 unspecified atom stereocenters. The Bertz CT molecular complexity index is 647. The molecule has 0 atom stereocenters. The van der Waals surface area contributed by atoms with E-state index < -0.39 is 10.0 Å². The molecule has 0 bridgehead atoms. The molecule has 1 heterocycles. The number of nitrogens with zero attached hydrogens (tertiary/aromatic N) is 2. The molecule has 0 aromatic heterocycles. The number of guanidine groups is 1. The van der Waals surface area contributed by atoms with Crippen molar-refractivity contribution in [1.29, 1.82) is 0 Å². The molecule has 0 aliphatic carbocycles. The van der Waals surface area contributed by atoms with Crippen LogP contribution in [0.5, 0.6) is 0 Å². The summed E-state index contributed by atoms with van der Waals surface area (Å²) >= 11 is 0. The van der Waals surface area contributed by atoms with E-state index in [0.717, 1.165) is 5.69 Å². The van der Waals surface area contributed by atoms with Gasteiger partial charge >= 0.3 is 0 Å². The lowest BCUT2D eigenvalue weighted by molar-refractivity contribution is 0.452. The lowest BCUT2D eigenvalue weighted by Crippen LogP contribution is -2.30. The average Bonchev–Trinajstić information content (AvgIpc) is 2.78. The van der Waals surface area contributed by atoms with Gasteiger partial charge in [-0.15, -0.1) is 24.0 Å². The number of hydrogen-bond acceptors (Lipinski definition) is 3. The number of halogens is 1. The second kappa shape index (κ2) is 8.84. The molecule has 1 aromatic carbocycles. The van der Waals surface area contributed by atoms with Gasteiger partial charge in [0.1, 0.15) is 0 Å². The van der Waals surface area contributed by atoms with E-state index in [2.05, 4.69) is 30.2 Å². The molecule has 8 heteroatoms. The van der Waals surface area contributed by atoms with E-state index in [0.29, 0.717) is 37.9 Å². The van der Waals surface area contributed by atoms with Gasteiger partial charge in [0.15, 0.2) is 5.96 Å². The molecule has 0 saturated carbocycles. The number of sulfonamides is 1. The lowest BCUT2D eigenvalue weighted by atomic mass is 10.0. The smallest absolute Gasteiger partial charge is 0.214 e. The van der Waals surface area contributed by atoms with Crippen molar-refractivity contribution in [3.05, 3.63) is 29.8 Å². The highest BCUT2D eigenvalue weighted by Gasteiger charge is 2.27. The fourth-order valence-corrected chi connectivity index (χ4v) is 3.91. The van der Waals surface area contributed by atoms with Gasteiger partial charge in [-0.2, -0.15) is 0 Å². The van der Waals surface area contributed by atoms with Crippen molar-refractivity contribution in [2.45, 2.75) is 26.2 Å². The van der Waals surface area contributed by atoms with Gasteiger partial charge in [-0.3, -0.25) is 4.99 Å². The Morgan fingerprint density at radius 2 is 2.17 bits per heavy atom. The summed E-state index contributed by atoms with van der Waals surface area (Å²) in [4.78, 5) is 4.20. The van der Waals surface area contributed by atoms with Crippen LogP contribution >= 0.6 is 24.0 Å². The van der Waals surface area contributed by atoms with Crippen LogP contribution in [0.1, 0.15) is 31.7 Å². The predicted molar refractivity (Wildman–Crippen MR) is 106 cm³/mol. The fraction of sp³-hybridized carbons (Fsp3) is 0.533. The molecule has 1 aliphatic rings. The first-order chi connectivity index (χ1) is 10.4. The minimum atomic E-state index is -3.06. The van der Waals surface area contributed by atoms with E-state index in [9.17, 15) is 8.42 Å². The number of nitrogens with two attached hydrogens (primary N) is 1. The Labute approximate surface area is 155 Å². The van der Waals surface area contributed by atoms with Crippen molar-refractivity contribution < 1.29 is 8.42 Å². The maximum atomic E-state index is 11.7. The first-order valence-corrected chi connectivity index (χ1v) is 9.14. The summed E-state index contributed by atoms with van der Waals surface area (Å²) in [6.45, 7) is 5.60. The highest BCUT2D eigenvalue weighted by atomic mass is 127. The van der Waals surface area contributed by atoms with E-state index in [1.165, 1.54) is 9.87 Å². The van der Waals surface area contributed by atoms with Gasteiger partial charge in [0.05, 0.1) is 12.3 Å². The standard InChI is InChI=1S/C15H24N4O2S.HI/c1-12(2)13-5-3-6-14(11-13)18-15(16)17-7-9-19-8-4-10-22(19,20)21;/h3,5-6,11-12H,4,7-10H2,1-2H3,(H3,16,17,18);1H. The van der Waals surface area contributed by atoms with E-state index >= 15 is 0 Å². The van der Waals surface area contributed by atoms with Crippen LogP contribution in [0.3, 0.4) is 0 Å².